The molecule has 1 N–H and O–H groups in total. The second-order valence-electron chi connectivity index (χ2n) is 7.88. The van der Waals surface area contributed by atoms with Gasteiger partial charge in [0.1, 0.15) is 17.5 Å². The van der Waals surface area contributed by atoms with E-state index in [0.29, 0.717) is 5.69 Å². The lowest BCUT2D eigenvalue weighted by atomic mass is 9.96. The molecule has 0 saturated heterocycles. The zero-order chi connectivity index (χ0) is 20.7. The van der Waals surface area contributed by atoms with Gasteiger partial charge in [0, 0.05) is 12.5 Å². The molecule has 9 heteroatoms. The molecule has 1 aromatic heterocycles. The second-order valence-corrected chi connectivity index (χ2v) is 7.88. The zero-order valence-electron chi connectivity index (χ0n) is 16.0. The lowest BCUT2D eigenvalue weighted by molar-refractivity contribution is -0.0185. The van der Waals surface area contributed by atoms with Gasteiger partial charge in [-0.15, -0.1) is 0 Å². The Bertz CT molecular complexity index is 936. The predicted octanol–water partition coefficient (Wildman–Crippen LogP) is 3.15. The first-order valence-electron chi connectivity index (χ1n) is 8.69. The SMILES string of the molecule is CC(C)(C)OC(=O)NCC1(C)Cc2ncn(-c3ccc(F)c(F)c3)c2C(=O)O1. The van der Waals surface area contributed by atoms with Crippen molar-refractivity contribution in [3.63, 3.8) is 0 Å². The average molecular weight is 393 g/mol. The summed E-state index contributed by atoms with van der Waals surface area (Å²) in [5.74, 6) is -2.69. The van der Waals surface area contributed by atoms with Gasteiger partial charge in [0.25, 0.3) is 0 Å². The van der Waals surface area contributed by atoms with Crippen LogP contribution in [0.3, 0.4) is 0 Å². The fourth-order valence-electron chi connectivity index (χ4n) is 2.90. The number of aromatic nitrogens is 2. The first-order valence-corrected chi connectivity index (χ1v) is 8.69. The molecule has 3 rings (SSSR count). The smallest absolute Gasteiger partial charge is 0.407 e. The molecule has 1 unspecified atom stereocenters. The van der Waals surface area contributed by atoms with Crippen molar-refractivity contribution in [3.8, 4) is 5.69 Å². The molecular weight excluding hydrogens is 372 g/mol. The lowest BCUT2D eigenvalue weighted by Gasteiger charge is -2.33. The van der Waals surface area contributed by atoms with E-state index in [0.717, 1.165) is 12.1 Å². The summed E-state index contributed by atoms with van der Waals surface area (Å²) in [6, 6.07) is 3.29. The second kappa shape index (κ2) is 6.88. The molecule has 150 valence electrons. The average Bonchev–Trinajstić information content (AvgIpc) is 2.98. The van der Waals surface area contributed by atoms with Crippen LogP contribution in [0.5, 0.6) is 0 Å². The van der Waals surface area contributed by atoms with Gasteiger partial charge < -0.3 is 14.8 Å². The molecule has 28 heavy (non-hydrogen) atoms. The molecule has 2 heterocycles. The third kappa shape index (κ3) is 4.13. The largest absolute Gasteiger partial charge is 0.452 e. The molecule has 7 nitrogen and oxygen atoms in total. The van der Waals surface area contributed by atoms with Crippen molar-refractivity contribution in [1.29, 1.82) is 0 Å². The van der Waals surface area contributed by atoms with E-state index >= 15 is 0 Å². The number of rotatable bonds is 3. The molecule has 2 aromatic rings. The highest BCUT2D eigenvalue weighted by Gasteiger charge is 2.40. The number of fused-ring (bicyclic) bond motifs is 1. The van der Waals surface area contributed by atoms with Crippen molar-refractivity contribution in [2.24, 2.45) is 0 Å². The van der Waals surface area contributed by atoms with Crippen LogP contribution in [0.4, 0.5) is 13.6 Å². The van der Waals surface area contributed by atoms with Gasteiger partial charge in [-0.25, -0.2) is 23.4 Å². The Morgan fingerprint density at radius 1 is 1.36 bits per heavy atom. The Balaban J connectivity index is 1.79. The maximum absolute atomic E-state index is 13.5. The Hall–Kier alpha value is -2.97. The van der Waals surface area contributed by atoms with E-state index < -0.39 is 34.9 Å². The first-order chi connectivity index (χ1) is 13.0. The molecule has 1 aliphatic heterocycles. The number of halogens is 2. The molecular formula is C19H21F2N3O4. The van der Waals surface area contributed by atoms with Crippen LogP contribution < -0.4 is 5.32 Å². The Kier molecular flexibility index (Phi) is 4.86. The number of esters is 1. The summed E-state index contributed by atoms with van der Waals surface area (Å²) < 4.78 is 38.8. The van der Waals surface area contributed by atoms with Gasteiger partial charge in [-0.2, -0.15) is 0 Å². The zero-order valence-corrected chi connectivity index (χ0v) is 16.0. The quantitative estimate of drug-likeness (QED) is 0.810. The summed E-state index contributed by atoms with van der Waals surface area (Å²) in [5.41, 5.74) is -0.839. The van der Waals surface area contributed by atoms with E-state index in [1.807, 2.05) is 0 Å². The number of carbonyl (C=O) groups is 2. The predicted molar refractivity (Wildman–Crippen MR) is 95.2 cm³/mol. The van der Waals surface area contributed by atoms with Crippen molar-refractivity contribution in [2.75, 3.05) is 6.54 Å². The van der Waals surface area contributed by atoms with Crippen molar-refractivity contribution in [3.05, 3.63) is 47.5 Å². The lowest BCUT2D eigenvalue weighted by Crippen LogP contribution is -2.49. The number of cyclic esters (lactones) is 1. The van der Waals surface area contributed by atoms with E-state index in [9.17, 15) is 18.4 Å². The van der Waals surface area contributed by atoms with Gasteiger partial charge in [-0.1, -0.05) is 0 Å². The summed E-state index contributed by atoms with van der Waals surface area (Å²) in [6.45, 7) is 6.93. The van der Waals surface area contributed by atoms with Gasteiger partial charge in [-0.3, -0.25) is 4.57 Å². The summed E-state index contributed by atoms with van der Waals surface area (Å²) in [4.78, 5) is 28.7. The standard InChI is InChI=1S/C19H21F2N3O4/c1-18(2,3)28-17(26)22-9-19(4)8-14-15(16(25)27-19)24(10-23-14)11-5-6-12(20)13(21)7-11/h5-7,10H,8-9H2,1-4H3,(H,22,26). The third-order valence-corrected chi connectivity index (χ3v) is 4.10. The van der Waals surface area contributed by atoms with Gasteiger partial charge in [0.15, 0.2) is 17.3 Å². The highest BCUT2D eigenvalue weighted by atomic mass is 19.2. The van der Waals surface area contributed by atoms with E-state index in [1.54, 1.807) is 27.7 Å². The molecule has 1 aromatic carbocycles. The summed E-state index contributed by atoms with van der Waals surface area (Å²) in [7, 11) is 0. The number of nitrogens with one attached hydrogen (secondary N) is 1. The number of benzene rings is 1. The number of alkyl carbamates (subject to hydrolysis) is 1. The molecule has 0 saturated carbocycles. The number of imidazole rings is 1. The molecule has 0 spiro atoms. The molecule has 0 bridgehead atoms. The minimum absolute atomic E-state index is 0.0329. The third-order valence-electron chi connectivity index (χ3n) is 4.10. The van der Waals surface area contributed by atoms with Gasteiger partial charge in [0.2, 0.25) is 0 Å². The van der Waals surface area contributed by atoms with Crippen LogP contribution in [-0.4, -0.2) is 39.4 Å². The van der Waals surface area contributed by atoms with Crippen LogP contribution in [0.15, 0.2) is 24.5 Å². The van der Waals surface area contributed by atoms with Crippen molar-refractivity contribution < 1.29 is 27.8 Å². The molecule has 1 atom stereocenters. The Labute approximate surface area is 160 Å². The summed E-state index contributed by atoms with van der Waals surface area (Å²) in [5, 5.41) is 2.59. The van der Waals surface area contributed by atoms with Gasteiger partial charge in [0.05, 0.1) is 17.9 Å². The number of amides is 1. The first kappa shape index (κ1) is 19.8. The van der Waals surface area contributed by atoms with E-state index in [4.69, 9.17) is 9.47 Å². The van der Waals surface area contributed by atoms with Crippen LogP contribution in [0.2, 0.25) is 0 Å². The number of ether oxygens (including phenoxy) is 2. The summed E-state index contributed by atoms with van der Waals surface area (Å²) >= 11 is 0. The molecule has 1 amide bonds. The monoisotopic (exact) mass is 393 g/mol. The molecule has 0 fully saturated rings. The van der Waals surface area contributed by atoms with Crippen molar-refractivity contribution in [1.82, 2.24) is 14.9 Å². The number of nitrogens with zero attached hydrogens (tertiary/aromatic N) is 2. The Morgan fingerprint density at radius 2 is 2.07 bits per heavy atom. The van der Waals surface area contributed by atoms with Gasteiger partial charge in [-0.05, 0) is 39.8 Å². The summed E-state index contributed by atoms with van der Waals surface area (Å²) in [6.07, 6.45) is 0.967. The van der Waals surface area contributed by atoms with E-state index in [2.05, 4.69) is 10.3 Å². The highest BCUT2D eigenvalue weighted by molar-refractivity contribution is 5.91. The minimum atomic E-state index is -1.03. The number of hydrogen-bond donors (Lipinski definition) is 1. The fraction of sp³-hybridized carbons (Fsp3) is 0.421. The normalized spacial score (nSPS) is 19.0. The van der Waals surface area contributed by atoms with E-state index in [-0.39, 0.29) is 24.3 Å². The Morgan fingerprint density at radius 3 is 2.71 bits per heavy atom. The van der Waals surface area contributed by atoms with Crippen molar-refractivity contribution >= 4 is 12.1 Å². The minimum Gasteiger partial charge on any atom is -0.452 e. The number of carbonyl (C=O) groups excluding carboxylic acids is 2. The van der Waals surface area contributed by atoms with Crippen LogP contribution >= 0.6 is 0 Å². The van der Waals surface area contributed by atoms with Crippen LogP contribution in [0, 0.1) is 11.6 Å². The van der Waals surface area contributed by atoms with Gasteiger partial charge >= 0.3 is 12.1 Å². The van der Waals surface area contributed by atoms with Crippen LogP contribution in [0.25, 0.3) is 5.69 Å². The topological polar surface area (TPSA) is 82.5 Å². The maximum Gasteiger partial charge on any atom is 0.407 e. The molecule has 1 aliphatic rings. The maximum atomic E-state index is 13.5. The number of hydrogen-bond acceptors (Lipinski definition) is 5. The van der Waals surface area contributed by atoms with Crippen LogP contribution in [-0.2, 0) is 15.9 Å². The fourth-order valence-corrected chi connectivity index (χ4v) is 2.90. The highest BCUT2D eigenvalue weighted by Crippen LogP contribution is 2.29. The van der Waals surface area contributed by atoms with Crippen LogP contribution in [0.1, 0.15) is 43.9 Å². The molecule has 0 aliphatic carbocycles. The van der Waals surface area contributed by atoms with Crippen molar-refractivity contribution in [2.45, 2.75) is 45.3 Å². The molecule has 0 radical (unpaired) electrons. The van der Waals surface area contributed by atoms with E-state index in [1.165, 1.54) is 17.0 Å².